The third kappa shape index (κ3) is 2.07. The van der Waals surface area contributed by atoms with E-state index in [1.807, 2.05) is 12.1 Å². The summed E-state index contributed by atoms with van der Waals surface area (Å²) >= 11 is 0. The van der Waals surface area contributed by atoms with E-state index in [9.17, 15) is 0 Å². The topological polar surface area (TPSA) is 38.5 Å². The molecular weight excluding hydrogens is 188 g/mol. The van der Waals surface area contributed by atoms with Crippen molar-refractivity contribution < 1.29 is 4.74 Å². The molecule has 1 atom stereocenters. The number of ether oxygens (including phenoxy) is 1. The SMILES string of the molecule is COc1ccc(N2CCC[C@@H]2CN)cc1. The number of anilines is 1. The fraction of sp³-hybridized carbons (Fsp3) is 0.500. The number of hydrogen-bond donors (Lipinski definition) is 1. The van der Waals surface area contributed by atoms with Gasteiger partial charge in [-0.25, -0.2) is 0 Å². The number of nitrogens with zero attached hydrogens (tertiary/aromatic N) is 1. The Balaban J connectivity index is 2.14. The van der Waals surface area contributed by atoms with Crippen LogP contribution in [0.2, 0.25) is 0 Å². The lowest BCUT2D eigenvalue weighted by atomic mass is 10.2. The van der Waals surface area contributed by atoms with Gasteiger partial charge >= 0.3 is 0 Å². The summed E-state index contributed by atoms with van der Waals surface area (Å²) in [5, 5.41) is 0. The Morgan fingerprint density at radius 3 is 2.73 bits per heavy atom. The minimum Gasteiger partial charge on any atom is -0.497 e. The molecule has 1 aromatic carbocycles. The lowest BCUT2D eigenvalue weighted by Gasteiger charge is -2.25. The molecule has 0 aliphatic carbocycles. The molecule has 1 aliphatic heterocycles. The molecule has 0 amide bonds. The van der Waals surface area contributed by atoms with E-state index in [1.165, 1.54) is 18.5 Å². The van der Waals surface area contributed by atoms with Crippen LogP contribution >= 0.6 is 0 Å². The van der Waals surface area contributed by atoms with Gasteiger partial charge in [-0.1, -0.05) is 0 Å². The molecule has 0 unspecified atom stereocenters. The summed E-state index contributed by atoms with van der Waals surface area (Å²) in [7, 11) is 1.69. The number of hydrogen-bond acceptors (Lipinski definition) is 3. The molecule has 0 spiro atoms. The fourth-order valence-electron chi connectivity index (χ4n) is 2.19. The van der Waals surface area contributed by atoms with Gasteiger partial charge in [-0.15, -0.1) is 0 Å². The highest BCUT2D eigenvalue weighted by Crippen LogP contribution is 2.26. The van der Waals surface area contributed by atoms with E-state index in [0.29, 0.717) is 6.04 Å². The Kier molecular flexibility index (Phi) is 3.11. The monoisotopic (exact) mass is 206 g/mol. The number of nitrogens with two attached hydrogens (primary N) is 1. The molecule has 2 N–H and O–H groups in total. The first-order chi connectivity index (χ1) is 7.35. The predicted molar refractivity (Wildman–Crippen MR) is 62.4 cm³/mol. The summed E-state index contributed by atoms with van der Waals surface area (Å²) in [6.45, 7) is 1.86. The normalized spacial score (nSPS) is 20.7. The van der Waals surface area contributed by atoms with Crippen LogP contribution in [-0.4, -0.2) is 26.2 Å². The highest BCUT2D eigenvalue weighted by atomic mass is 16.5. The summed E-state index contributed by atoms with van der Waals surface area (Å²) in [6, 6.07) is 8.72. The van der Waals surface area contributed by atoms with Crippen molar-refractivity contribution in [1.29, 1.82) is 0 Å². The van der Waals surface area contributed by atoms with Crippen molar-refractivity contribution in [3.05, 3.63) is 24.3 Å². The zero-order chi connectivity index (χ0) is 10.7. The minimum atomic E-state index is 0.512. The maximum Gasteiger partial charge on any atom is 0.119 e. The Morgan fingerprint density at radius 2 is 2.13 bits per heavy atom. The molecule has 3 nitrogen and oxygen atoms in total. The molecule has 1 aliphatic rings. The van der Waals surface area contributed by atoms with Crippen LogP contribution in [0.1, 0.15) is 12.8 Å². The maximum atomic E-state index is 5.75. The predicted octanol–water partition coefficient (Wildman–Crippen LogP) is 1.62. The van der Waals surface area contributed by atoms with Crippen LogP contribution in [0.3, 0.4) is 0 Å². The smallest absolute Gasteiger partial charge is 0.119 e. The summed E-state index contributed by atoms with van der Waals surface area (Å²) in [5.41, 5.74) is 7.00. The zero-order valence-electron chi connectivity index (χ0n) is 9.15. The van der Waals surface area contributed by atoms with E-state index in [4.69, 9.17) is 10.5 Å². The van der Waals surface area contributed by atoms with Gasteiger partial charge in [0.1, 0.15) is 5.75 Å². The quantitative estimate of drug-likeness (QED) is 0.816. The first kappa shape index (κ1) is 10.3. The molecule has 2 rings (SSSR count). The van der Waals surface area contributed by atoms with Crippen LogP contribution in [0.25, 0.3) is 0 Å². The molecule has 1 saturated heterocycles. The molecular formula is C12H18N2O. The Hall–Kier alpha value is -1.22. The van der Waals surface area contributed by atoms with Gasteiger partial charge in [0.05, 0.1) is 7.11 Å². The van der Waals surface area contributed by atoms with Crippen LogP contribution in [-0.2, 0) is 0 Å². The molecule has 0 saturated carbocycles. The van der Waals surface area contributed by atoms with Crippen molar-refractivity contribution in [1.82, 2.24) is 0 Å². The molecule has 0 bridgehead atoms. The lowest BCUT2D eigenvalue weighted by molar-refractivity contribution is 0.415. The van der Waals surface area contributed by atoms with Crippen LogP contribution in [0.15, 0.2) is 24.3 Å². The second-order valence-electron chi connectivity index (χ2n) is 3.92. The summed E-state index contributed by atoms with van der Waals surface area (Å²) < 4.78 is 5.14. The summed E-state index contributed by atoms with van der Waals surface area (Å²) in [6.07, 6.45) is 2.45. The molecule has 1 heterocycles. The van der Waals surface area contributed by atoms with Gasteiger partial charge in [-0.05, 0) is 37.1 Å². The minimum absolute atomic E-state index is 0.512. The highest BCUT2D eigenvalue weighted by Gasteiger charge is 2.22. The zero-order valence-corrected chi connectivity index (χ0v) is 9.15. The molecule has 82 valence electrons. The van der Waals surface area contributed by atoms with Crippen LogP contribution < -0.4 is 15.4 Å². The fourth-order valence-corrected chi connectivity index (χ4v) is 2.19. The van der Waals surface area contributed by atoms with E-state index >= 15 is 0 Å². The first-order valence-electron chi connectivity index (χ1n) is 5.46. The summed E-state index contributed by atoms with van der Waals surface area (Å²) in [5.74, 6) is 0.905. The standard InChI is InChI=1S/C12H18N2O/c1-15-12-6-4-10(5-7-12)14-8-2-3-11(14)9-13/h4-7,11H,2-3,8-9,13H2,1H3/t11-/m1/s1. The largest absolute Gasteiger partial charge is 0.497 e. The average molecular weight is 206 g/mol. The Morgan fingerprint density at radius 1 is 1.40 bits per heavy atom. The molecule has 3 heteroatoms. The van der Waals surface area contributed by atoms with Gasteiger partial charge in [-0.2, -0.15) is 0 Å². The molecule has 0 aromatic heterocycles. The van der Waals surface area contributed by atoms with Crippen molar-refractivity contribution >= 4 is 5.69 Å². The van der Waals surface area contributed by atoms with Gasteiger partial charge in [0.2, 0.25) is 0 Å². The van der Waals surface area contributed by atoms with E-state index in [-0.39, 0.29) is 0 Å². The molecule has 0 radical (unpaired) electrons. The second kappa shape index (κ2) is 4.53. The van der Waals surface area contributed by atoms with Gasteiger partial charge in [0.15, 0.2) is 0 Å². The van der Waals surface area contributed by atoms with E-state index in [1.54, 1.807) is 7.11 Å². The number of methoxy groups -OCH3 is 1. The van der Waals surface area contributed by atoms with Crippen molar-refractivity contribution in [3.63, 3.8) is 0 Å². The highest BCUT2D eigenvalue weighted by molar-refractivity contribution is 5.50. The van der Waals surface area contributed by atoms with Crippen LogP contribution in [0.4, 0.5) is 5.69 Å². The van der Waals surface area contributed by atoms with E-state index in [0.717, 1.165) is 18.8 Å². The third-order valence-corrected chi connectivity index (χ3v) is 3.05. The van der Waals surface area contributed by atoms with Crippen molar-refractivity contribution in [2.75, 3.05) is 25.1 Å². The Labute approximate surface area is 90.8 Å². The summed E-state index contributed by atoms with van der Waals surface area (Å²) in [4.78, 5) is 2.39. The lowest BCUT2D eigenvalue weighted by Crippen LogP contribution is -2.35. The van der Waals surface area contributed by atoms with Gasteiger partial charge < -0.3 is 15.4 Å². The van der Waals surface area contributed by atoms with Crippen LogP contribution in [0, 0.1) is 0 Å². The molecule has 1 aromatic rings. The van der Waals surface area contributed by atoms with Gasteiger partial charge in [0, 0.05) is 24.8 Å². The van der Waals surface area contributed by atoms with E-state index < -0.39 is 0 Å². The van der Waals surface area contributed by atoms with Crippen molar-refractivity contribution in [2.24, 2.45) is 5.73 Å². The van der Waals surface area contributed by atoms with Crippen molar-refractivity contribution in [3.8, 4) is 5.75 Å². The molecule has 15 heavy (non-hydrogen) atoms. The van der Waals surface area contributed by atoms with Gasteiger partial charge in [0.25, 0.3) is 0 Å². The Bertz CT molecular complexity index is 310. The van der Waals surface area contributed by atoms with E-state index in [2.05, 4.69) is 17.0 Å². The second-order valence-corrected chi connectivity index (χ2v) is 3.92. The number of rotatable bonds is 3. The first-order valence-corrected chi connectivity index (χ1v) is 5.46. The van der Waals surface area contributed by atoms with Crippen molar-refractivity contribution in [2.45, 2.75) is 18.9 Å². The van der Waals surface area contributed by atoms with Crippen LogP contribution in [0.5, 0.6) is 5.75 Å². The molecule has 1 fully saturated rings. The van der Waals surface area contributed by atoms with Gasteiger partial charge in [-0.3, -0.25) is 0 Å². The maximum absolute atomic E-state index is 5.75. The number of benzene rings is 1. The third-order valence-electron chi connectivity index (χ3n) is 3.05. The average Bonchev–Trinajstić information content (AvgIpc) is 2.77.